The second-order valence-corrected chi connectivity index (χ2v) is 17.2. The van der Waals surface area contributed by atoms with Crippen LogP contribution < -0.4 is 21.3 Å². The Morgan fingerprint density at radius 3 is 1.94 bits per heavy atom. The van der Waals surface area contributed by atoms with Crippen molar-refractivity contribution in [3.63, 3.8) is 0 Å². The van der Waals surface area contributed by atoms with Gasteiger partial charge >= 0.3 is 0 Å². The SMILES string of the molecule is O=C(C1CC(c2ccccc2)NC12C(=O)Nc1ccccc12)N1C/C(=C\c2ccccc2F)C(=O)C2(C1)C(c1ccccc1F)C(c1ccccc1)NC21C(=O)Nc2ccccc21. The lowest BCUT2D eigenvalue weighted by Crippen LogP contribution is -2.67. The molecule has 4 N–H and O–H groups in total. The molecule has 3 amide bonds. The lowest BCUT2D eigenvalue weighted by Gasteiger charge is -2.50. The molecule has 0 radical (unpaired) electrons. The first-order valence-electron chi connectivity index (χ1n) is 21.2. The van der Waals surface area contributed by atoms with Gasteiger partial charge in [-0.1, -0.05) is 133 Å². The third kappa shape index (κ3) is 5.52. The van der Waals surface area contributed by atoms with Gasteiger partial charge in [-0.25, -0.2) is 8.78 Å². The molecule has 6 aromatic rings. The Kier molecular flexibility index (Phi) is 8.94. The number of benzene rings is 6. The van der Waals surface area contributed by atoms with Gasteiger partial charge in [-0.05, 0) is 53.5 Å². The molecule has 7 atom stereocenters. The number of anilines is 2. The number of Topliss-reactive ketones (excluding diaryl/α,β-unsaturated/α-hetero) is 1. The minimum Gasteiger partial charge on any atom is -0.337 e. The first kappa shape index (κ1) is 38.8. The fourth-order valence-corrected chi connectivity index (χ4v) is 11.5. The highest BCUT2D eigenvalue weighted by Crippen LogP contribution is 2.66. The molecular formula is C52H41F2N5O4. The number of hydrogen-bond donors (Lipinski definition) is 4. The summed E-state index contributed by atoms with van der Waals surface area (Å²) in [7, 11) is 0. The van der Waals surface area contributed by atoms with Gasteiger partial charge in [0.15, 0.2) is 5.78 Å². The van der Waals surface area contributed by atoms with Crippen LogP contribution in [0.25, 0.3) is 6.08 Å². The van der Waals surface area contributed by atoms with Crippen molar-refractivity contribution >= 4 is 41.0 Å². The maximum absolute atomic E-state index is 16.8. The summed E-state index contributed by atoms with van der Waals surface area (Å²) in [6.45, 7) is -0.610. The Morgan fingerprint density at radius 2 is 1.22 bits per heavy atom. The average molecular weight is 838 g/mol. The minimum absolute atomic E-state index is 0.0593. The number of nitrogens with zero attached hydrogens (tertiary/aromatic N) is 1. The van der Waals surface area contributed by atoms with Gasteiger partial charge in [-0.3, -0.25) is 29.8 Å². The second-order valence-electron chi connectivity index (χ2n) is 17.2. The monoisotopic (exact) mass is 837 g/mol. The molecular weight excluding hydrogens is 797 g/mol. The third-order valence-corrected chi connectivity index (χ3v) is 14.1. The third-order valence-electron chi connectivity index (χ3n) is 14.1. The summed E-state index contributed by atoms with van der Waals surface area (Å²) >= 11 is 0. The van der Waals surface area contributed by atoms with Crippen LogP contribution in [0.4, 0.5) is 20.2 Å². The summed E-state index contributed by atoms with van der Waals surface area (Å²) in [6, 6.07) is 44.3. The molecule has 5 aliphatic heterocycles. The van der Waals surface area contributed by atoms with Crippen molar-refractivity contribution in [1.29, 1.82) is 0 Å². The first-order chi connectivity index (χ1) is 30.7. The Balaban J connectivity index is 1.17. The molecule has 7 unspecified atom stereocenters. The van der Waals surface area contributed by atoms with Crippen molar-refractivity contribution in [1.82, 2.24) is 15.5 Å². The van der Waals surface area contributed by atoms with Gasteiger partial charge in [-0.15, -0.1) is 0 Å². The summed E-state index contributed by atoms with van der Waals surface area (Å²) in [5, 5.41) is 13.3. The number of ketones is 1. The van der Waals surface area contributed by atoms with Crippen LogP contribution in [-0.2, 0) is 30.3 Å². The van der Waals surface area contributed by atoms with E-state index in [0.29, 0.717) is 28.1 Å². The zero-order valence-corrected chi connectivity index (χ0v) is 33.9. The van der Waals surface area contributed by atoms with Gasteiger partial charge in [0.1, 0.15) is 22.7 Å². The fourth-order valence-electron chi connectivity index (χ4n) is 11.5. The molecule has 0 aliphatic carbocycles. The number of rotatable bonds is 5. The van der Waals surface area contributed by atoms with Gasteiger partial charge in [0.25, 0.3) is 5.91 Å². The highest BCUT2D eigenvalue weighted by Gasteiger charge is 2.76. The van der Waals surface area contributed by atoms with E-state index in [1.807, 2.05) is 78.9 Å². The molecule has 3 spiro atoms. The van der Waals surface area contributed by atoms with E-state index in [-0.39, 0.29) is 42.1 Å². The largest absolute Gasteiger partial charge is 0.337 e. The van der Waals surface area contributed by atoms with Crippen LogP contribution in [0.3, 0.4) is 0 Å². The maximum atomic E-state index is 16.8. The number of fused-ring (bicyclic) bond motifs is 5. The van der Waals surface area contributed by atoms with Crippen LogP contribution >= 0.6 is 0 Å². The lowest BCUT2D eigenvalue weighted by molar-refractivity contribution is -0.151. The van der Waals surface area contributed by atoms with Gasteiger partial charge in [0.05, 0.1) is 11.3 Å². The summed E-state index contributed by atoms with van der Waals surface area (Å²) < 4.78 is 32.6. The van der Waals surface area contributed by atoms with Gasteiger partial charge < -0.3 is 15.5 Å². The van der Waals surface area contributed by atoms with Gasteiger partial charge in [-0.2, -0.15) is 0 Å². The molecule has 3 saturated heterocycles. The lowest BCUT2D eigenvalue weighted by atomic mass is 9.55. The average Bonchev–Trinajstić information content (AvgIpc) is 4.03. The Morgan fingerprint density at radius 1 is 0.635 bits per heavy atom. The minimum atomic E-state index is -1.95. The number of hydrogen-bond acceptors (Lipinski definition) is 6. The van der Waals surface area contributed by atoms with E-state index in [4.69, 9.17) is 0 Å². The molecule has 0 bridgehead atoms. The Labute approximate surface area is 362 Å². The van der Waals surface area contributed by atoms with E-state index in [2.05, 4.69) is 21.3 Å². The molecule has 5 heterocycles. The number of likely N-dealkylation sites (tertiary alicyclic amines) is 1. The van der Waals surface area contributed by atoms with E-state index < -0.39 is 69.6 Å². The summed E-state index contributed by atoms with van der Waals surface area (Å²) in [6.07, 6.45) is 1.66. The van der Waals surface area contributed by atoms with Crippen LogP contribution in [0.5, 0.6) is 0 Å². The zero-order valence-electron chi connectivity index (χ0n) is 33.9. The molecule has 6 aromatic carbocycles. The van der Waals surface area contributed by atoms with Crippen molar-refractivity contribution in [2.24, 2.45) is 11.3 Å². The predicted octanol–water partition coefficient (Wildman–Crippen LogP) is 7.92. The smallest absolute Gasteiger partial charge is 0.250 e. The van der Waals surface area contributed by atoms with Crippen LogP contribution in [0, 0.1) is 23.0 Å². The van der Waals surface area contributed by atoms with Crippen LogP contribution in [0.1, 0.15) is 57.8 Å². The fraction of sp³-hybridized carbons (Fsp3) is 0.192. The van der Waals surface area contributed by atoms with Crippen LogP contribution in [0.2, 0.25) is 0 Å². The second kappa shape index (κ2) is 14.5. The molecule has 11 heteroatoms. The van der Waals surface area contributed by atoms with E-state index in [0.717, 1.165) is 5.56 Å². The van der Waals surface area contributed by atoms with Crippen molar-refractivity contribution in [2.45, 2.75) is 35.5 Å². The number of halogens is 2. The number of carbonyl (C=O) groups is 4. The van der Waals surface area contributed by atoms with Crippen LogP contribution in [0.15, 0.2) is 163 Å². The Hall–Kier alpha value is -7.08. The summed E-state index contributed by atoms with van der Waals surface area (Å²) in [5.41, 5.74) is -1.29. The molecule has 11 rings (SSSR count). The van der Waals surface area contributed by atoms with Crippen molar-refractivity contribution in [3.05, 3.63) is 208 Å². The zero-order chi connectivity index (χ0) is 43.1. The number of carbonyl (C=O) groups excluding carboxylic acids is 4. The van der Waals surface area contributed by atoms with Crippen molar-refractivity contribution in [2.75, 3.05) is 23.7 Å². The summed E-state index contributed by atoms with van der Waals surface area (Å²) in [5.74, 6) is -5.19. The van der Waals surface area contributed by atoms with E-state index in [1.165, 1.54) is 18.2 Å². The topological polar surface area (TPSA) is 120 Å². The van der Waals surface area contributed by atoms with Crippen LogP contribution in [-0.4, -0.2) is 41.5 Å². The molecule has 63 heavy (non-hydrogen) atoms. The normalized spacial score (nSPS) is 28.8. The molecule has 9 nitrogen and oxygen atoms in total. The highest BCUT2D eigenvalue weighted by atomic mass is 19.1. The van der Waals surface area contributed by atoms with E-state index in [9.17, 15) is 4.79 Å². The van der Waals surface area contributed by atoms with Gasteiger partial charge in [0, 0.05) is 64.7 Å². The van der Waals surface area contributed by atoms with E-state index in [1.54, 1.807) is 71.6 Å². The van der Waals surface area contributed by atoms with Gasteiger partial charge in [0.2, 0.25) is 11.8 Å². The number of nitrogens with one attached hydrogen (secondary N) is 4. The molecule has 312 valence electrons. The van der Waals surface area contributed by atoms with E-state index >= 15 is 23.2 Å². The number of piperidine rings is 1. The first-order valence-corrected chi connectivity index (χ1v) is 21.2. The quantitative estimate of drug-likeness (QED) is 0.131. The van der Waals surface area contributed by atoms with Crippen molar-refractivity contribution < 1.29 is 28.0 Å². The summed E-state index contributed by atoms with van der Waals surface area (Å²) in [4.78, 5) is 63.8. The van der Waals surface area contributed by atoms with Crippen molar-refractivity contribution in [3.8, 4) is 0 Å². The molecule has 0 aromatic heterocycles. The molecule has 0 saturated carbocycles. The molecule has 3 fully saturated rings. The Bertz CT molecular complexity index is 2910. The standard InChI is InChI=1S/C52H41F2N5O4/c53-39-23-11-7-19-33(39)27-34-29-59(47(61)38-28-43(31-15-3-1-4-16-31)57-51(38)36-21-9-13-25-41(36)55-48(51)62)30-50(46(34)60)44(35-20-8-12-24-40(35)54)45(32-17-5-2-6-18-32)58-52(50)37-22-10-14-26-42(37)56-49(52)63/h1-27,38,43-45,57-58H,28-30H2,(H,55,62)(H,56,63)/b34-27+. The highest BCUT2D eigenvalue weighted by molar-refractivity contribution is 6.17. The molecule has 5 aliphatic rings. The number of para-hydroxylation sites is 2. The maximum Gasteiger partial charge on any atom is 0.250 e. The number of amides is 3. The predicted molar refractivity (Wildman–Crippen MR) is 234 cm³/mol.